The first-order valence-corrected chi connectivity index (χ1v) is 23.3. The molecule has 330 valence electrons. The van der Waals surface area contributed by atoms with Gasteiger partial charge in [-0.3, -0.25) is 19.4 Å². The van der Waals surface area contributed by atoms with Gasteiger partial charge in [-0.15, -0.1) is 11.8 Å². The smallest absolute Gasteiger partial charge is 0.329 e. The summed E-state index contributed by atoms with van der Waals surface area (Å²) >= 11 is 1.43. The van der Waals surface area contributed by atoms with E-state index in [0.29, 0.717) is 58.1 Å². The summed E-state index contributed by atoms with van der Waals surface area (Å²) in [4.78, 5) is 44.3. The summed E-state index contributed by atoms with van der Waals surface area (Å²) in [5, 5.41) is 26.9. The minimum Gasteiger partial charge on any atom is -0.504 e. The van der Waals surface area contributed by atoms with E-state index in [1.807, 2.05) is 31.9 Å². The van der Waals surface area contributed by atoms with Crippen molar-refractivity contribution in [1.29, 1.82) is 0 Å². The number of aliphatic hydroxyl groups excluding tert-OH is 1. The van der Waals surface area contributed by atoms with Crippen LogP contribution in [0.2, 0.25) is 0 Å². The number of ether oxygens (including phenoxy) is 5. The molecule has 8 rings (SSSR count). The number of piperazine rings is 1. The van der Waals surface area contributed by atoms with E-state index in [1.165, 1.54) is 90.0 Å². The number of unbranched alkanes of at least 4 members (excludes halogenated alkanes) is 12. The molecule has 0 spiro atoms. The number of phenols is 1. The van der Waals surface area contributed by atoms with Crippen LogP contribution in [-0.4, -0.2) is 95.5 Å². The Labute approximate surface area is 359 Å². The number of methoxy groups -OCH3 is 1. The predicted octanol–water partition coefficient (Wildman–Crippen LogP) is 7.62. The van der Waals surface area contributed by atoms with Crippen molar-refractivity contribution in [3.05, 3.63) is 39.4 Å². The minimum atomic E-state index is -1.03. The van der Waals surface area contributed by atoms with Gasteiger partial charge in [0.2, 0.25) is 12.7 Å². The highest BCUT2D eigenvalue weighted by Gasteiger charge is 2.60. The number of aliphatic hydroxyl groups is 1. The molecular weight excluding hydrogens is 787 g/mol. The molecule has 1 amide bonds. The topological polar surface area (TPSA) is 156 Å². The van der Waals surface area contributed by atoms with Crippen LogP contribution in [-0.2, 0) is 25.5 Å². The van der Waals surface area contributed by atoms with Crippen LogP contribution >= 0.6 is 11.8 Å². The lowest BCUT2D eigenvalue weighted by Crippen LogP contribution is -2.69. The second-order valence-corrected chi connectivity index (χ2v) is 18.5. The Hall–Kier alpha value is -3.72. The van der Waals surface area contributed by atoms with Crippen molar-refractivity contribution in [2.75, 3.05) is 33.3 Å². The molecule has 6 heterocycles. The maximum Gasteiger partial charge on any atom is 0.329 e. The third kappa shape index (κ3) is 8.67. The molecule has 14 heteroatoms. The fraction of sp³-hybridized carbons (Fsp3) is 0.674. The molecule has 7 atom stereocenters. The van der Waals surface area contributed by atoms with Gasteiger partial charge in [-0.1, -0.05) is 90.0 Å². The van der Waals surface area contributed by atoms with Crippen LogP contribution in [0.4, 0.5) is 0 Å². The molecule has 60 heavy (non-hydrogen) atoms. The number of likely N-dealkylation sites (N-methyl/N-ethyl adjacent to an activating group) is 1. The average molecular weight is 852 g/mol. The van der Waals surface area contributed by atoms with Gasteiger partial charge in [0.1, 0.15) is 24.6 Å². The summed E-state index contributed by atoms with van der Waals surface area (Å²) in [6.45, 7) is 7.09. The number of phenolic OH excluding ortho intramolecular Hbond substituents is 1. The first-order valence-electron chi connectivity index (χ1n) is 22.3. The number of thioether (sulfide) groups is 1. The number of hydrogen-bond donors (Lipinski definition) is 3. The van der Waals surface area contributed by atoms with Gasteiger partial charge in [0.15, 0.2) is 23.0 Å². The van der Waals surface area contributed by atoms with Crippen molar-refractivity contribution in [3.63, 3.8) is 0 Å². The summed E-state index contributed by atoms with van der Waals surface area (Å²) in [5.74, 6) is 0.533. The molecule has 2 saturated heterocycles. The Morgan fingerprint density at radius 1 is 0.917 bits per heavy atom. The monoisotopic (exact) mass is 851 g/mol. The summed E-state index contributed by atoms with van der Waals surface area (Å²) in [5.41, 5.74) is 4.32. The number of fused-ring (bicyclic) bond motifs is 10. The number of aromatic hydroxyl groups is 1. The Morgan fingerprint density at radius 3 is 2.22 bits per heavy atom. The Bertz CT molecular complexity index is 1910. The van der Waals surface area contributed by atoms with Gasteiger partial charge in [0, 0.05) is 47.4 Å². The number of nitrogens with zero attached hydrogens (tertiary/aromatic N) is 2. The number of hydrogen-bond acceptors (Lipinski definition) is 13. The van der Waals surface area contributed by atoms with E-state index in [0.717, 1.165) is 30.4 Å². The lowest BCUT2D eigenvalue weighted by atomic mass is 9.73. The Morgan fingerprint density at radius 2 is 1.57 bits per heavy atom. The summed E-state index contributed by atoms with van der Waals surface area (Å²) in [6, 6.07) is -1.07. The quantitative estimate of drug-likeness (QED) is 0.0813. The van der Waals surface area contributed by atoms with E-state index in [9.17, 15) is 24.6 Å². The van der Waals surface area contributed by atoms with Gasteiger partial charge < -0.3 is 39.2 Å². The molecule has 2 fully saturated rings. The van der Waals surface area contributed by atoms with Crippen LogP contribution in [0.3, 0.4) is 0 Å². The highest BCUT2D eigenvalue weighted by molar-refractivity contribution is 7.99. The number of carbonyl (C=O) groups is 3. The minimum absolute atomic E-state index is 0.0455. The summed E-state index contributed by atoms with van der Waals surface area (Å²) < 4.78 is 30.0. The molecule has 2 aromatic carbocycles. The third-order valence-corrected chi connectivity index (χ3v) is 14.7. The van der Waals surface area contributed by atoms with Crippen LogP contribution in [0.25, 0.3) is 0 Å². The highest BCUT2D eigenvalue weighted by atomic mass is 32.2. The molecule has 0 saturated carbocycles. The number of esters is 2. The predicted molar refractivity (Wildman–Crippen MR) is 229 cm³/mol. The van der Waals surface area contributed by atoms with Crippen molar-refractivity contribution < 1.29 is 48.3 Å². The zero-order valence-corrected chi connectivity index (χ0v) is 37.1. The molecule has 0 unspecified atom stereocenters. The van der Waals surface area contributed by atoms with E-state index in [1.54, 1.807) is 0 Å². The van der Waals surface area contributed by atoms with Gasteiger partial charge in [-0.05, 0) is 44.9 Å². The largest absolute Gasteiger partial charge is 0.504 e. The lowest BCUT2D eigenvalue weighted by Gasteiger charge is -2.62. The normalized spacial score (nSPS) is 25.5. The van der Waals surface area contributed by atoms with Gasteiger partial charge in [-0.2, -0.15) is 0 Å². The number of carbonyl (C=O) groups excluding carboxylic acids is 3. The second kappa shape index (κ2) is 19.5. The molecule has 2 aromatic rings. The van der Waals surface area contributed by atoms with Crippen molar-refractivity contribution in [3.8, 4) is 28.7 Å². The highest BCUT2D eigenvalue weighted by Crippen LogP contribution is 2.64. The molecule has 3 N–H and O–H groups in total. The van der Waals surface area contributed by atoms with Crippen molar-refractivity contribution >= 4 is 29.6 Å². The first-order chi connectivity index (χ1) is 29.0. The van der Waals surface area contributed by atoms with Crippen LogP contribution in [0.5, 0.6) is 28.7 Å². The lowest BCUT2D eigenvalue weighted by molar-refractivity contribution is -0.184. The number of aryl methyl sites for hydroxylation is 1. The van der Waals surface area contributed by atoms with Crippen molar-refractivity contribution in [1.82, 2.24) is 15.1 Å². The molecule has 6 aliphatic heterocycles. The number of rotatable bonds is 17. The van der Waals surface area contributed by atoms with Gasteiger partial charge in [0.05, 0.1) is 30.5 Å². The Balaban J connectivity index is 1.14. The molecule has 13 nitrogen and oxygen atoms in total. The number of amides is 1. The van der Waals surface area contributed by atoms with Crippen LogP contribution in [0.15, 0.2) is 6.07 Å². The van der Waals surface area contributed by atoms with Crippen LogP contribution in [0, 0.1) is 13.8 Å². The zero-order chi connectivity index (χ0) is 42.7. The first kappa shape index (κ1) is 44.3. The SMILES string of the molecule is CCCCCCCCCCCCCCCC(=O)N[C@H]1CS[C@@H]2c3c(OC(C)=O)c(C)c4c(c3[C@@H](COC1=O)N1[C@@H]2[C@H]2c3c(cc(C)c(OC)c3O)C[C@H]([C@@H]1O)N2C)OCO4. The van der Waals surface area contributed by atoms with Crippen LogP contribution in [0.1, 0.15) is 154 Å². The second-order valence-electron chi connectivity index (χ2n) is 17.3. The van der Waals surface area contributed by atoms with Gasteiger partial charge in [-0.25, -0.2) is 4.79 Å². The number of nitrogens with one attached hydrogen (secondary N) is 1. The zero-order valence-electron chi connectivity index (χ0n) is 36.3. The molecular formula is C46H65N3O10S. The van der Waals surface area contributed by atoms with E-state index in [2.05, 4.69) is 17.1 Å². The molecule has 0 aliphatic carbocycles. The Kier molecular flexibility index (Phi) is 14.4. The molecule has 0 radical (unpaired) electrons. The van der Waals surface area contributed by atoms with Crippen LogP contribution < -0.4 is 24.3 Å². The maximum atomic E-state index is 13.9. The number of benzene rings is 2. The van der Waals surface area contributed by atoms with E-state index in [-0.39, 0.29) is 36.9 Å². The van der Waals surface area contributed by atoms with Crippen molar-refractivity contribution in [2.24, 2.45) is 0 Å². The van der Waals surface area contributed by atoms with Crippen molar-refractivity contribution in [2.45, 2.75) is 166 Å². The summed E-state index contributed by atoms with van der Waals surface area (Å²) in [7, 11) is 3.50. The average Bonchev–Trinajstić information content (AvgIpc) is 3.71. The standard InChI is InChI=1S/C46H65N3O10S/c1-7-8-9-10-11-12-13-14-15-16-17-18-19-20-33(51)47-30-24-60-44-36-35(43-42(57-25-58-43)27(3)41(36)59-28(4)50)32(23-56-46(30)54)49-38(44)37-34-29(22-31(45(49)53)48(37)5)21-26(2)40(55-6)39(34)52/h21,30-32,37-38,44-45,52-53H,7-20,22-25H2,1-6H3,(H,47,51)/t30-,31+,32+,37+,38+,44+,45-/m0/s1. The fourth-order valence-electron chi connectivity index (χ4n) is 10.4. The molecule has 4 bridgehead atoms. The third-order valence-electron chi connectivity index (χ3n) is 13.3. The summed E-state index contributed by atoms with van der Waals surface area (Å²) in [6.07, 6.45) is 15.5. The molecule has 0 aromatic heterocycles. The fourth-order valence-corrected chi connectivity index (χ4v) is 12.0. The van der Waals surface area contributed by atoms with E-state index < -0.39 is 47.6 Å². The van der Waals surface area contributed by atoms with E-state index >= 15 is 0 Å². The van der Waals surface area contributed by atoms with E-state index in [4.69, 9.17) is 23.7 Å². The van der Waals surface area contributed by atoms with Gasteiger partial charge >= 0.3 is 11.9 Å². The maximum absolute atomic E-state index is 13.9. The molecule has 6 aliphatic rings. The van der Waals surface area contributed by atoms with Gasteiger partial charge in [0.25, 0.3) is 0 Å².